The van der Waals surface area contributed by atoms with Crippen molar-refractivity contribution >= 4 is 52.6 Å². The molecule has 3 aromatic rings. The maximum absolute atomic E-state index is 12.8. The molecular formula is C23H16ClN3O5S. The average molecular weight is 482 g/mol. The molecule has 0 saturated carbocycles. The first-order chi connectivity index (χ1) is 15.9. The van der Waals surface area contributed by atoms with Gasteiger partial charge in [0.05, 0.1) is 16.3 Å². The summed E-state index contributed by atoms with van der Waals surface area (Å²) in [4.78, 5) is 59.0. The van der Waals surface area contributed by atoms with Crippen molar-refractivity contribution in [2.45, 2.75) is 16.8 Å². The zero-order chi connectivity index (χ0) is 23.4. The number of ether oxygens (including phenoxy) is 1. The molecule has 33 heavy (non-hydrogen) atoms. The van der Waals surface area contributed by atoms with Gasteiger partial charge < -0.3 is 4.74 Å². The van der Waals surface area contributed by atoms with Crippen molar-refractivity contribution in [3.8, 4) is 0 Å². The van der Waals surface area contributed by atoms with E-state index in [4.69, 9.17) is 16.3 Å². The summed E-state index contributed by atoms with van der Waals surface area (Å²) in [6.45, 7) is -0.464. The second kappa shape index (κ2) is 9.93. The number of rotatable bonds is 7. The van der Waals surface area contributed by atoms with E-state index >= 15 is 0 Å². The van der Waals surface area contributed by atoms with Crippen molar-refractivity contribution in [1.29, 1.82) is 0 Å². The third-order valence-corrected chi connectivity index (χ3v) is 6.17. The summed E-state index contributed by atoms with van der Waals surface area (Å²) >= 11 is 7.11. The lowest BCUT2D eigenvalue weighted by molar-refractivity contribution is -0.121. The minimum Gasteiger partial charge on any atom is -0.454 e. The van der Waals surface area contributed by atoms with Crippen LogP contribution in [0.1, 0.15) is 27.1 Å². The molecule has 1 aliphatic rings. The van der Waals surface area contributed by atoms with Crippen LogP contribution in [0.4, 0.5) is 5.69 Å². The second-order valence-corrected chi connectivity index (χ2v) is 8.51. The lowest BCUT2D eigenvalue weighted by atomic mass is 10.1. The highest BCUT2D eigenvalue weighted by atomic mass is 35.5. The highest BCUT2D eigenvalue weighted by molar-refractivity contribution is 8.00. The van der Waals surface area contributed by atoms with Crippen LogP contribution in [0, 0.1) is 0 Å². The third kappa shape index (κ3) is 5.10. The molecule has 0 bridgehead atoms. The quantitative estimate of drug-likeness (QED) is 0.218. The molecule has 10 heteroatoms. The number of thioether (sulfide) groups is 1. The lowest BCUT2D eigenvalue weighted by Crippen LogP contribution is -2.31. The maximum atomic E-state index is 12.8. The van der Waals surface area contributed by atoms with E-state index in [1.54, 1.807) is 42.7 Å². The summed E-state index contributed by atoms with van der Waals surface area (Å²) < 4.78 is 5.08. The Morgan fingerprint density at radius 2 is 1.73 bits per heavy atom. The van der Waals surface area contributed by atoms with E-state index in [1.807, 2.05) is 0 Å². The predicted octanol–water partition coefficient (Wildman–Crippen LogP) is 3.59. The van der Waals surface area contributed by atoms with Gasteiger partial charge in [0.15, 0.2) is 11.8 Å². The highest BCUT2D eigenvalue weighted by Crippen LogP contribution is 2.32. The number of anilines is 1. The number of ketones is 1. The molecule has 1 aromatic heterocycles. The molecule has 1 unspecified atom stereocenters. The van der Waals surface area contributed by atoms with Crippen LogP contribution in [0.3, 0.4) is 0 Å². The van der Waals surface area contributed by atoms with Gasteiger partial charge in [-0.15, -0.1) is 0 Å². The molecule has 1 saturated heterocycles. The highest BCUT2D eigenvalue weighted by Gasteiger charge is 2.40. The molecule has 0 spiro atoms. The molecule has 2 heterocycles. The fourth-order valence-corrected chi connectivity index (χ4v) is 4.34. The number of halogens is 1. The van der Waals surface area contributed by atoms with Gasteiger partial charge in [-0.05, 0) is 42.5 Å². The Morgan fingerprint density at radius 3 is 2.42 bits per heavy atom. The van der Waals surface area contributed by atoms with Crippen molar-refractivity contribution in [2.24, 2.45) is 0 Å². The lowest BCUT2D eigenvalue weighted by Gasteiger charge is -2.15. The van der Waals surface area contributed by atoms with Gasteiger partial charge in [-0.25, -0.2) is 19.7 Å². The fourth-order valence-electron chi connectivity index (χ4n) is 3.17. The molecule has 4 rings (SSSR count). The van der Waals surface area contributed by atoms with Crippen molar-refractivity contribution in [1.82, 2.24) is 9.97 Å². The first-order valence-corrected chi connectivity index (χ1v) is 11.0. The molecule has 1 aliphatic heterocycles. The zero-order valence-electron chi connectivity index (χ0n) is 17.0. The van der Waals surface area contributed by atoms with E-state index in [-0.39, 0.29) is 34.4 Å². The van der Waals surface area contributed by atoms with Gasteiger partial charge in [0, 0.05) is 24.4 Å². The van der Waals surface area contributed by atoms with Gasteiger partial charge in [-0.2, -0.15) is 0 Å². The molecule has 2 amide bonds. The number of esters is 1. The molecule has 2 aromatic carbocycles. The number of hydrogen-bond donors (Lipinski definition) is 0. The Hall–Kier alpha value is -3.56. The van der Waals surface area contributed by atoms with Gasteiger partial charge in [0.25, 0.3) is 0 Å². The smallest absolute Gasteiger partial charge is 0.338 e. The number of Topliss-reactive ketones (excluding diaryl/α,β-unsaturated/α-hetero) is 1. The first kappa shape index (κ1) is 22.6. The zero-order valence-corrected chi connectivity index (χ0v) is 18.6. The maximum Gasteiger partial charge on any atom is 0.338 e. The largest absolute Gasteiger partial charge is 0.454 e. The van der Waals surface area contributed by atoms with Gasteiger partial charge in [0.1, 0.15) is 5.25 Å². The summed E-state index contributed by atoms with van der Waals surface area (Å²) in [5.74, 6) is -1.87. The number of carbonyl (C=O) groups excluding carboxylic acids is 4. The molecule has 1 fully saturated rings. The first-order valence-electron chi connectivity index (χ1n) is 9.79. The van der Waals surface area contributed by atoms with Crippen molar-refractivity contribution < 1.29 is 23.9 Å². The third-order valence-electron chi connectivity index (χ3n) is 4.76. The average Bonchev–Trinajstić information content (AvgIpc) is 3.10. The summed E-state index contributed by atoms with van der Waals surface area (Å²) in [7, 11) is 0. The van der Waals surface area contributed by atoms with E-state index in [1.165, 1.54) is 24.3 Å². The van der Waals surface area contributed by atoms with Crippen LogP contribution in [0.5, 0.6) is 0 Å². The predicted molar refractivity (Wildman–Crippen MR) is 121 cm³/mol. The van der Waals surface area contributed by atoms with Crippen LogP contribution in [-0.4, -0.2) is 45.4 Å². The summed E-state index contributed by atoms with van der Waals surface area (Å²) in [6.07, 6.45) is 3.15. The van der Waals surface area contributed by atoms with Crippen LogP contribution in [0.2, 0.25) is 5.02 Å². The Kier molecular flexibility index (Phi) is 6.81. The van der Waals surface area contributed by atoms with E-state index in [9.17, 15) is 19.2 Å². The number of nitrogens with zero attached hydrogens (tertiary/aromatic N) is 3. The molecule has 8 nitrogen and oxygen atoms in total. The number of carbonyl (C=O) groups is 4. The minimum atomic E-state index is -0.712. The molecular weight excluding hydrogens is 466 g/mol. The number of amides is 2. The van der Waals surface area contributed by atoms with Crippen LogP contribution >= 0.6 is 23.4 Å². The van der Waals surface area contributed by atoms with E-state index < -0.39 is 23.6 Å². The van der Waals surface area contributed by atoms with Crippen molar-refractivity contribution in [3.63, 3.8) is 0 Å². The normalized spacial score (nSPS) is 15.5. The van der Waals surface area contributed by atoms with Gasteiger partial charge >= 0.3 is 5.97 Å². The summed E-state index contributed by atoms with van der Waals surface area (Å²) in [5.41, 5.74) is 0.779. The van der Waals surface area contributed by atoms with Gasteiger partial charge in [-0.3, -0.25) is 14.4 Å². The molecule has 0 aliphatic carbocycles. The van der Waals surface area contributed by atoms with Crippen LogP contribution in [-0.2, 0) is 14.3 Å². The number of aromatic nitrogens is 2. The van der Waals surface area contributed by atoms with Crippen LogP contribution in [0.25, 0.3) is 0 Å². The summed E-state index contributed by atoms with van der Waals surface area (Å²) in [6, 6.07) is 14.0. The Balaban J connectivity index is 1.39. The van der Waals surface area contributed by atoms with Gasteiger partial charge in [0.2, 0.25) is 17.6 Å². The molecule has 1 atom stereocenters. The second-order valence-electron chi connectivity index (χ2n) is 6.94. The van der Waals surface area contributed by atoms with Crippen LogP contribution < -0.4 is 4.90 Å². The Labute approximate surface area is 197 Å². The van der Waals surface area contributed by atoms with Crippen molar-refractivity contribution in [3.05, 3.63) is 83.1 Å². The van der Waals surface area contributed by atoms with E-state index in [0.29, 0.717) is 10.8 Å². The number of benzene rings is 2. The number of hydrogen-bond acceptors (Lipinski definition) is 8. The Morgan fingerprint density at radius 1 is 1.03 bits per heavy atom. The number of imide groups is 1. The topological polar surface area (TPSA) is 107 Å². The van der Waals surface area contributed by atoms with Crippen molar-refractivity contribution in [2.75, 3.05) is 11.5 Å². The SMILES string of the molecule is O=C(OCC(=O)c1ccccc1Cl)c1ccc(N2C(=O)CC(Sc3ncccn3)C2=O)cc1. The minimum absolute atomic E-state index is 0.0235. The fraction of sp³-hybridized carbons (Fsp3) is 0.130. The van der Waals surface area contributed by atoms with E-state index in [2.05, 4.69) is 9.97 Å². The standard InChI is InChI=1S/C23H16ClN3O5S/c24-17-5-2-1-4-16(17)18(28)13-32-22(31)14-6-8-15(9-7-14)27-20(29)12-19(21(27)30)33-23-25-10-3-11-26-23/h1-11,19H,12-13H2. The van der Waals surface area contributed by atoms with E-state index in [0.717, 1.165) is 16.7 Å². The molecule has 166 valence electrons. The summed E-state index contributed by atoms with van der Waals surface area (Å²) in [5, 5.41) is 0.0634. The Bertz CT molecular complexity index is 1220. The van der Waals surface area contributed by atoms with Gasteiger partial charge in [-0.1, -0.05) is 35.5 Å². The monoisotopic (exact) mass is 481 g/mol. The van der Waals surface area contributed by atoms with Crippen LogP contribution in [0.15, 0.2) is 72.1 Å². The molecule has 0 N–H and O–H groups in total. The molecule has 0 radical (unpaired) electrons.